The van der Waals surface area contributed by atoms with Crippen molar-refractivity contribution in [1.29, 1.82) is 0 Å². The third-order valence-corrected chi connectivity index (χ3v) is 3.08. The number of hydrogen-bond donors (Lipinski definition) is 0. The van der Waals surface area contributed by atoms with Gasteiger partial charge < -0.3 is 4.74 Å². The third-order valence-electron chi connectivity index (χ3n) is 2.07. The van der Waals surface area contributed by atoms with Crippen LogP contribution in [-0.2, 0) is 4.74 Å². The average Bonchev–Trinajstić information content (AvgIpc) is 2.71. The van der Waals surface area contributed by atoms with Crippen molar-refractivity contribution in [3.05, 3.63) is 34.4 Å². The summed E-state index contributed by atoms with van der Waals surface area (Å²) in [7, 11) is 0. The van der Waals surface area contributed by atoms with Gasteiger partial charge in [-0.05, 0) is 19.1 Å². The predicted molar refractivity (Wildman–Crippen MR) is 66.1 cm³/mol. The van der Waals surface area contributed by atoms with Crippen LogP contribution in [0.15, 0.2) is 24.3 Å². The van der Waals surface area contributed by atoms with E-state index in [1.165, 1.54) is 0 Å². The fraction of sp³-hybridized carbons (Fsp3) is 0.200. The maximum absolute atomic E-state index is 11.5. The van der Waals surface area contributed by atoms with Crippen molar-refractivity contribution < 1.29 is 14.6 Å². The fourth-order valence-corrected chi connectivity index (χ4v) is 2.28. The van der Waals surface area contributed by atoms with Crippen LogP contribution in [-0.4, -0.2) is 22.7 Å². The van der Waals surface area contributed by atoms with Crippen LogP contribution in [0.4, 0.5) is 9.93 Å². The minimum atomic E-state index is -1.04. The number of para-hydroxylation sites is 1. The number of hydrazine groups is 1. The van der Waals surface area contributed by atoms with Crippen LogP contribution in [0.1, 0.15) is 6.92 Å². The lowest BCUT2D eigenvalue weighted by Crippen LogP contribution is -2.36. The zero-order valence-electron chi connectivity index (χ0n) is 9.40. The lowest BCUT2D eigenvalue weighted by atomic mass is 10.3. The molecule has 0 fully saturated rings. The van der Waals surface area contributed by atoms with E-state index in [-0.39, 0.29) is 11.7 Å². The number of benzene rings is 1. The molecule has 0 saturated carbocycles. The molecule has 1 heterocycles. The van der Waals surface area contributed by atoms with E-state index in [0.717, 1.165) is 16.0 Å². The molecule has 0 aliphatic rings. The fourth-order valence-electron chi connectivity index (χ4n) is 1.35. The number of rotatable bonds is 3. The first-order chi connectivity index (χ1) is 8.63. The molecule has 0 saturated heterocycles. The van der Waals surface area contributed by atoms with Crippen molar-refractivity contribution in [2.75, 3.05) is 11.6 Å². The highest BCUT2D eigenvalue weighted by Crippen LogP contribution is 2.28. The van der Waals surface area contributed by atoms with E-state index in [9.17, 15) is 14.9 Å². The molecule has 1 amide bonds. The van der Waals surface area contributed by atoms with Gasteiger partial charge in [-0.15, -0.1) is 0 Å². The molecule has 94 valence electrons. The Morgan fingerprint density at radius 2 is 2.28 bits per heavy atom. The highest BCUT2D eigenvalue weighted by molar-refractivity contribution is 7.22. The highest BCUT2D eigenvalue weighted by atomic mass is 32.1. The van der Waals surface area contributed by atoms with Crippen molar-refractivity contribution in [1.82, 2.24) is 4.98 Å². The SMILES string of the molecule is CCOC(=O)N(c1nc2ccccc2s1)[N+](=O)[O-]. The van der Waals surface area contributed by atoms with Gasteiger partial charge in [-0.3, -0.25) is 0 Å². The monoisotopic (exact) mass is 267 g/mol. The van der Waals surface area contributed by atoms with Gasteiger partial charge in [-0.25, -0.2) is 19.9 Å². The van der Waals surface area contributed by atoms with Crippen LogP contribution in [0, 0.1) is 10.1 Å². The number of fused-ring (bicyclic) bond motifs is 1. The van der Waals surface area contributed by atoms with Crippen LogP contribution >= 0.6 is 11.3 Å². The van der Waals surface area contributed by atoms with E-state index < -0.39 is 11.1 Å². The zero-order valence-corrected chi connectivity index (χ0v) is 10.2. The van der Waals surface area contributed by atoms with Gasteiger partial charge >= 0.3 is 6.09 Å². The average molecular weight is 267 g/mol. The molecular formula is C10H9N3O4S. The molecule has 1 aromatic carbocycles. The van der Waals surface area contributed by atoms with Gasteiger partial charge in [-0.1, -0.05) is 23.5 Å². The summed E-state index contributed by atoms with van der Waals surface area (Å²) in [5, 5.41) is 10.4. The molecule has 0 aliphatic heterocycles. The Labute approximate surface area is 106 Å². The molecule has 0 N–H and O–H groups in total. The summed E-state index contributed by atoms with van der Waals surface area (Å²) in [4.78, 5) is 26.4. The number of nitro groups is 1. The molecule has 0 bridgehead atoms. The number of carbonyl (C=O) groups excluding carboxylic acids is 1. The van der Waals surface area contributed by atoms with Gasteiger partial charge in [0, 0.05) is 5.01 Å². The smallest absolute Gasteiger partial charge is 0.446 e. The summed E-state index contributed by atoms with van der Waals surface area (Å²) in [6.07, 6.45) is -1.04. The number of nitrogens with zero attached hydrogens (tertiary/aromatic N) is 3. The number of amides is 1. The first kappa shape index (κ1) is 12.2. The first-order valence-corrected chi connectivity index (χ1v) is 5.92. The van der Waals surface area contributed by atoms with Gasteiger partial charge in [0.05, 0.1) is 16.8 Å². The van der Waals surface area contributed by atoms with Crippen LogP contribution in [0.2, 0.25) is 0 Å². The Kier molecular flexibility index (Phi) is 3.38. The minimum absolute atomic E-state index is 0.0142. The summed E-state index contributed by atoms with van der Waals surface area (Å²) in [6, 6.07) is 7.07. The predicted octanol–water partition coefficient (Wildman–Crippen LogP) is 2.45. The van der Waals surface area contributed by atoms with Crippen LogP contribution in [0.3, 0.4) is 0 Å². The maximum atomic E-state index is 11.5. The van der Waals surface area contributed by atoms with E-state index in [4.69, 9.17) is 0 Å². The normalized spacial score (nSPS) is 10.3. The van der Waals surface area contributed by atoms with Crippen molar-refractivity contribution in [2.45, 2.75) is 6.92 Å². The molecule has 7 nitrogen and oxygen atoms in total. The van der Waals surface area contributed by atoms with Gasteiger partial charge in [-0.2, -0.15) is 0 Å². The number of aromatic nitrogens is 1. The van der Waals surface area contributed by atoms with E-state index in [1.807, 2.05) is 0 Å². The Balaban J connectivity index is 2.42. The molecule has 2 rings (SSSR count). The molecule has 0 unspecified atom stereocenters. The minimum Gasteiger partial charge on any atom is -0.446 e. The number of hydrogen-bond acceptors (Lipinski definition) is 6. The molecule has 0 spiro atoms. The van der Waals surface area contributed by atoms with Crippen LogP contribution < -0.4 is 5.01 Å². The summed E-state index contributed by atoms with van der Waals surface area (Å²) in [5.74, 6) is 0. The van der Waals surface area contributed by atoms with Gasteiger partial charge in [0.25, 0.3) is 5.13 Å². The lowest BCUT2D eigenvalue weighted by Gasteiger charge is -2.07. The number of ether oxygens (including phenoxy) is 1. The molecule has 0 radical (unpaired) electrons. The van der Waals surface area contributed by atoms with Crippen LogP contribution in [0.25, 0.3) is 10.2 Å². The van der Waals surface area contributed by atoms with E-state index in [2.05, 4.69) is 9.72 Å². The summed E-state index contributed by atoms with van der Waals surface area (Å²) in [5.41, 5.74) is 0.605. The molecule has 18 heavy (non-hydrogen) atoms. The highest BCUT2D eigenvalue weighted by Gasteiger charge is 2.31. The van der Waals surface area contributed by atoms with Gasteiger partial charge in [0.2, 0.25) is 0 Å². The van der Waals surface area contributed by atoms with E-state index in [1.54, 1.807) is 31.2 Å². The van der Waals surface area contributed by atoms with E-state index in [0.29, 0.717) is 10.5 Å². The second kappa shape index (κ2) is 4.96. The Morgan fingerprint density at radius 1 is 1.56 bits per heavy atom. The lowest BCUT2D eigenvalue weighted by molar-refractivity contribution is -0.483. The Morgan fingerprint density at radius 3 is 2.89 bits per heavy atom. The van der Waals surface area contributed by atoms with Crippen molar-refractivity contribution in [3.63, 3.8) is 0 Å². The molecule has 0 aliphatic carbocycles. The number of thiazole rings is 1. The molecule has 0 atom stereocenters. The van der Waals surface area contributed by atoms with Crippen molar-refractivity contribution in [2.24, 2.45) is 0 Å². The largest absolute Gasteiger partial charge is 0.475 e. The quantitative estimate of drug-likeness (QED) is 0.629. The van der Waals surface area contributed by atoms with Crippen LogP contribution in [0.5, 0.6) is 0 Å². The second-order valence-corrected chi connectivity index (χ2v) is 4.22. The standard InChI is InChI=1S/C10H9N3O4S/c1-2-17-10(14)12(13(15)16)9-11-7-5-3-4-6-8(7)18-9/h3-6H,2H2,1H3. The second-order valence-electron chi connectivity index (χ2n) is 3.21. The summed E-state index contributed by atoms with van der Waals surface area (Å²) in [6.45, 7) is 1.64. The third kappa shape index (κ3) is 2.23. The number of carbonyl (C=O) groups is 1. The molecule has 8 heteroatoms. The number of anilines is 1. The maximum Gasteiger partial charge on any atom is 0.475 e. The van der Waals surface area contributed by atoms with E-state index >= 15 is 0 Å². The van der Waals surface area contributed by atoms with Crippen molar-refractivity contribution >= 4 is 32.8 Å². The van der Waals surface area contributed by atoms with Crippen molar-refractivity contribution in [3.8, 4) is 0 Å². The summed E-state index contributed by atoms with van der Waals surface area (Å²) < 4.78 is 5.39. The zero-order chi connectivity index (χ0) is 13.1. The van der Waals surface area contributed by atoms with Gasteiger partial charge in [0.1, 0.15) is 0 Å². The molecular weight excluding hydrogens is 258 g/mol. The molecule has 1 aromatic heterocycles. The Bertz CT molecular complexity index is 565. The van der Waals surface area contributed by atoms with Gasteiger partial charge in [0.15, 0.2) is 5.03 Å². The topological polar surface area (TPSA) is 85.6 Å². The summed E-state index contributed by atoms with van der Waals surface area (Å²) >= 11 is 1.06. The molecule has 2 aromatic rings. The first-order valence-electron chi connectivity index (χ1n) is 5.10. The Hall–Kier alpha value is -2.22.